The van der Waals surface area contributed by atoms with E-state index in [4.69, 9.17) is 11.6 Å². The number of hydrogen-bond donors (Lipinski definition) is 1. The van der Waals surface area contributed by atoms with E-state index in [1.807, 2.05) is 50.2 Å². The molecule has 0 saturated heterocycles. The molecule has 0 aliphatic carbocycles. The Morgan fingerprint density at radius 1 is 1.16 bits per heavy atom. The van der Waals surface area contributed by atoms with E-state index < -0.39 is 0 Å². The van der Waals surface area contributed by atoms with Gasteiger partial charge in [0.2, 0.25) is 5.91 Å². The minimum Gasteiger partial charge on any atom is -0.354 e. The number of rotatable bonds is 7. The Balaban J connectivity index is 1.99. The second-order valence-corrected chi connectivity index (χ2v) is 6.85. The normalized spacial score (nSPS) is 13.5. The van der Waals surface area contributed by atoms with E-state index in [1.165, 1.54) is 6.07 Å². The van der Waals surface area contributed by atoms with Gasteiger partial charge in [0.25, 0.3) is 0 Å². The minimum absolute atomic E-state index is 0.0293. The fourth-order valence-corrected chi connectivity index (χ4v) is 3.04. The van der Waals surface area contributed by atoms with Gasteiger partial charge in [-0.25, -0.2) is 4.39 Å². The molecule has 0 heterocycles. The van der Waals surface area contributed by atoms with Gasteiger partial charge < -0.3 is 10.2 Å². The first kappa shape index (κ1) is 19.4. The molecule has 0 aliphatic rings. The van der Waals surface area contributed by atoms with Gasteiger partial charge in [0, 0.05) is 17.5 Å². The number of amides is 1. The molecular formula is C20H24ClFN2O. The van der Waals surface area contributed by atoms with Crippen molar-refractivity contribution >= 4 is 17.5 Å². The molecular weight excluding hydrogens is 339 g/mol. The molecule has 3 nitrogen and oxygen atoms in total. The largest absolute Gasteiger partial charge is 0.354 e. The predicted molar refractivity (Wildman–Crippen MR) is 100 cm³/mol. The van der Waals surface area contributed by atoms with Crippen LogP contribution in [0, 0.1) is 11.7 Å². The van der Waals surface area contributed by atoms with Crippen LogP contribution in [-0.2, 0) is 11.2 Å². The lowest BCUT2D eigenvalue weighted by molar-refractivity contribution is -0.124. The number of carbonyl (C=O) groups excluding carboxylic acids is 1. The van der Waals surface area contributed by atoms with Gasteiger partial charge in [-0.3, -0.25) is 4.79 Å². The quantitative estimate of drug-likeness (QED) is 0.805. The highest BCUT2D eigenvalue weighted by Crippen LogP contribution is 2.25. The fourth-order valence-electron chi connectivity index (χ4n) is 2.77. The Morgan fingerprint density at radius 2 is 1.80 bits per heavy atom. The van der Waals surface area contributed by atoms with Gasteiger partial charge in [0.05, 0.1) is 6.04 Å². The summed E-state index contributed by atoms with van der Waals surface area (Å²) in [5.74, 6) is -0.683. The van der Waals surface area contributed by atoms with Gasteiger partial charge in [-0.1, -0.05) is 54.9 Å². The highest BCUT2D eigenvalue weighted by atomic mass is 35.5. The van der Waals surface area contributed by atoms with Crippen molar-refractivity contribution in [2.45, 2.75) is 19.4 Å². The molecule has 1 N–H and O–H groups in total. The van der Waals surface area contributed by atoms with E-state index in [2.05, 4.69) is 5.32 Å². The second-order valence-electron chi connectivity index (χ2n) is 6.44. The first-order valence-electron chi connectivity index (χ1n) is 8.32. The summed E-state index contributed by atoms with van der Waals surface area (Å²) < 4.78 is 13.7. The van der Waals surface area contributed by atoms with Crippen molar-refractivity contribution in [3.8, 4) is 0 Å². The lowest BCUT2D eigenvalue weighted by Gasteiger charge is -2.26. The number of benzene rings is 2. The highest BCUT2D eigenvalue weighted by Gasteiger charge is 2.20. The van der Waals surface area contributed by atoms with Crippen LogP contribution in [0.3, 0.4) is 0 Å². The number of hydrogen-bond acceptors (Lipinski definition) is 2. The number of nitrogens with one attached hydrogen (secondary N) is 1. The first-order chi connectivity index (χ1) is 11.9. The van der Waals surface area contributed by atoms with Crippen LogP contribution in [0.25, 0.3) is 0 Å². The zero-order valence-electron chi connectivity index (χ0n) is 14.8. The number of likely N-dealkylation sites (N-methyl/N-ethyl adjacent to an activating group) is 1. The Morgan fingerprint density at radius 3 is 2.44 bits per heavy atom. The van der Waals surface area contributed by atoms with Crippen LogP contribution in [-0.4, -0.2) is 31.4 Å². The van der Waals surface area contributed by atoms with Gasteiger partial charge in [-0.15, -0.1) is 0 Å². The maximum atomic E-state index is 13.7. The maximum Gasteiger partial charge on any atom is 0.223 e. The third-order valence-corrected chi connectivity index (χ3v) is 4.63. The fraction of sp³-hybridized carbons (Fsp3) is 0.350. The molecule has 0 bridgehead atoms. The molecule has 0 saturated carbocycles. The van der Waals surface area contributed by atoms with Crippen LogP contribution in [0.2, 0.25) is 5.02 Å². The maximum absolute atomic E-state index is 13.7. The van der Waals surface area contributed by atoms with E-state index in [0.29, 0.717) is 23.6 Å². The lowest BCUT2D eigenvalue weighted by Crippen LogP contribution is -2.37. The zero-order valence-corrected chi connectivity index (χ0v) is 15.6. The van der Waals surface area contributed by atoms with Crippen LogP contribution in [0.4, 0.5) is 4.39 Å². The van der Waals surface area contributed by atoms with E-state index in [0.717, 1.165) is 5.56 Å². The summed E-state index contributed by atoms with van der Waals surface area (Å²) in [7, 11) is 3.89. The van der Waals surface area contributed by atoms with Crippen LogP contribution in [0.1, 0.15) is 24.1 Å². The molecule has 25 heavy (non-hydrogen) atoms. The average molecular weight is 363 g/mol. The van der Waals surface area contributed by atoms with Crippen molar-refractivity contribution in [2.75, 3.05) is 20.6 Å². The molecule has 0 spiro atoms. The van der Waals surface area contributed by atoms with Crippen molar-refractivity contribution in [1.82, 2.24) is 10.2 Å². The Labute approximate surface area is 153 Å². The van der Waals surface area contributed by atoms with Gasteiger partial charge in [0.1, 0.15) is 5.82 Å². The molecule has 2 atom stereocenters. The zero-order chi connectivity index (χ0) is 18.4. The van der Waals surface area contributed by atoms with Gasteiger partial charge >= 0.3 is 0 Å². The van der Waals surface area contributed by atoms with E-state index in [1.54, 1.807) is 18.2 Å². The summed E-state index contributed by atoms with van der Waals surface area (Å²) in [5.41, 5.74) is 1.52. The van der Waals surface area contributed by atoms with Crippen molar-refractivity contribution in [3.05, 3.63) is 70.5 Å². The van der Waals surface area contributed by atoms with Gasteiger partial charge in [-0.05, 0) is 43.8 Å². The molecule has 0 radical (unpaired) electrons. The molecule has 0 aliphatic heterocycles. The summed E-state index contributed by atoms with van der Waals surface area (Å²) in [6.07, 6.45) is 0.372. The molecule has 2 aromatic carbocycles. The Bertz CT molecular complexity index is 720. The average Bonchev–Trinajstić information content (AvgIpc) is 2.58. The summed E-state index contributed by atoms with van der Waals surface area (Å²) in [6, 6.07) is 14.1. The van der Waals surface area contributed by atoms with Crippen LogP contribution < -0.4 is 5.32 Å². The monoisotopic (exact) mass is 362 g/mol. The van der Waals surface area contributed by atoms with E-state index in [-0.39, 0.29) is 23.7 Å². The second kappa shape index (κ2) is 8.97. The number of nitrogens with zero attached hydrogens (tertiary/aromatic N) is 1. The summed E-state index contributed by atoms with van der Waals surface area (Å²) in [5, 5.41) is 3.64. The molecule has 0 fully saturated rings. The minimum atomic E-state index is -0.314. The van der Waals surface area contributed by atoms with Crippen LogP contribution in [0.15, 0.2) is 48.5 Å². The Kier molecular flexibility index (Phi) is 6.97. The van der Waals surface area contributed by atoms with E-state index in [9.17, 15) is 9.18 Å². The summed E-state index contributed by atoms with van der Waals surface area (Å²) in [4.78, 5) is 14.4. The molecule has 2 unspecified atom stereocenters. The Hall–Kier alpha value is -1.91. The van der Waals surface area contributed by atoms with Crippen LogP contribution >= 0.6 is 11.6 Å². The van der Waals surface area contributed by atoms with Gasteiger partial charge in [0.15, 0.2) is 0 Å². The molecule has 2 aromatic rings. The van der Waals surface area contributed by atoms with Crippen LogP contribution in [0.5, 0.6) is 0 Å². The van der Waals surface area contributed by atoms with Crippen molar-refractivity contribution < 1.29 is 9.18 Å². The molecule has 5 heteroatoms. The third kappa shape index (κ3) is 5.28. The van der Waals surface area contributed by atoms with Gasteiger partial charge in [-0.2, -0.15) is 0 Å². The molecule has 2 rings (SSSR count). The lowest BCUT2D eigenvalue weighted by atomic mass is 9.99. The first-order valence-corrected chi connectivity index (χ1v) is 8.70. The molecule has 1 amide bonds. The number of halogens is 2. The smallest absolute Gasteiger partial charge is 0.223 e. The predicted octanol–water partition coefficient (Wildman–Crippen LogP) is 4.08. The van der Waals surface area contributed by atoms with E-state index >= 15 is 0 Å². The highest BCUT2D eigenvalue weighted by molar-refractivity contribution is 6.31. The molecule has 134 valence electrons. The van der Waals surface area contributed by atoms with Crippen molar-refractivity contribution in [1.29, 1.82) is 0 Å². The molecule has 0 aromatic heterocycles. The topological polar surface area (TPSA) is 32.3 Å². The number of carbonyl (C=O) groups is 1. The van der Waals surface area contributed by atoms with Crippen molar-refractivity contribution in [2.24, 2.45) is 5.92 Å². The SMILES string of the molecule is CC(Cc1ccccc1F)C(=O)NCC(c1ccccc1Cl)N(C)C. The standard InChI is InChI=1S/C20H24ClFN2O/c1-14(12-15-8-4-7-11-18(15)22)20(25)23-13-19(24(2)3)16-9-5-6-10-17(16)21/h4-11,14,19H,12-13H2,1-3H3,(H,23,25). The van der Waals surface area contributed by atoms with Crippen molar-refractivity contribution in [3.63, 3.8) is 0 Å². The summed E-state index contributed by atoms with van der Waals surface area (Å²) >= 11 is 6.28. The third-order valence-electron chi connectivity index (χ3n) is 4.29. The summed E-state index contributed by atoms with van der Waals surface area (Å²) in [6.45, 7) is 2.25.